The van der Waals surface area contributed by atoms with E-state index < -0.39 is 0 Å². The maximum absolute atomic E-state index is 14.3. The minimum absolute atomic E-state index is 0.164. The summed E-state index contributed by atoms with van der Waals surface area (Å²) in [6.07, 6.45) is 1.52. The second kappa shape index (κ2) is 7.46. The predicted molar refractivity (Wildman–Crippen MR) is 115 cm³/mol. The molecule has 0 spiro atoms. The largest absolute Gasteiger partial charge is 0.352 e. The molecule has 2 aliphatic heterocycles. The summed E-state index contributed by atoms with van der Waals surface area (Å²) in [5.41, 5.74) is 1.77. The van der Waals surface area contributed by atoms with Crippen LogP contribution < -0.4 is 4.90 Å². The monoisotopic (exact) mass is 428 g/mol. The van der Waals surface area contributed by atoms with Crippen LogP contribution in [0.25, 0.3) is 22.0 Å². The lowest BCUT2D eigenvalue weighted by atomic mass is 10.0. The zero-order valence-electron chi connectivity index (χ0n) is 15.5. The van der Waals surface area contributed by atoms with Gasteiger partial charge in [-0.25, -0.2) is 14.4 Å². The predicted octanol–water partition coefficient (Wildman–Crippen LogP) is 3.85. The van der Waals surface area contributed by atoms with Crippen LogP contribution in [0.15, 0.2) is 42.7 Å². The summed E-state index contributed by atoms with van der Waals surface area (Å²) >= 11 is 8.24. The number of hydrogen-bond donors (Lipinski definition) is 0. The number of anilines is 1. The lowest BCUT2D eigenvalue weighted by Crippen LogP contribution is -2.50. The number of fused-ring (bicyclic) bond motifs is 1. The van der Waals surface area contributed by atoms with Crippen LogP contribution in [0.5, 0.6) is 0 Å². The molecule has 1 atom stereocenters. The van der Waals surface area contributed by atoms with E-state index in [1.807, 2.05) is 17.0 Å². The van der Waals surface area contributed by atoms with E-state index in [2.05, 4.69) is 14.9 Å². The van der Waals surface area contributed by atoms with Crippen molar-refractivity contribution in [1.82, 2.24) is 14.9 Å². The first-order valence-electron chi connectivity index (χ1n) is 9.46. The molecule has 29 heavy (non-hydrogen) atoms. The van der Waals surface area contributed by atoms with Crippen LogP contribution in [0.3, 0.4) is 0 Å². The molecule has 1 amide bonds. The molecule has 5 rings (SSSR count). The second-order valence-corrected chi connectivity index (χ2v) is 8.80. The highest BCUT2D eigenvalue weighted by molar-refractivity contribution is 8.07. The van der Waals surface area contributed by atoms with Gasteiger partial charge in [0, 0.05) is 53.5 Å². The van der Waals surface area contributed by atoms with Crippen LogP contribution in [-0.4, -0.2) is 58.0 Å². The number of halogens is 2. The number of hydrogen-bond acceptors (Lipinski definition) is 5. The summed E-state index contributed by atoms with van der Waals surface area (Å²) in [7, 11) is 0. The molecule has 3 aromatic rings. The maximum Gasteiger partial charge on any atom is 0.236 e. The van der Waals surface area contributed by atoms with Crippen LogP contribution in [0.1, 0.15) is 0 Å². The van der Waals surface area contributed by atoms with E-state index in [9.17, 15) is 9.18 Å². The van der Waals surface area contributed by atoms with Gasteiger partial charge in [0.2, 0.25) is 5.91 Å². The van der Waals surface area contributed by atoms with E-state index >= 15 is 0 Å². The lowest BCUT2D eigenvalue weighted by molar-refractivity contribution is -0.129. The summed E-state index contributed by atoms with van der Waals surface area (Å²) in [5, 5.41) is 1.45. The zero-order valence-corrected chi connectivity index (χ0v) is 17.1. The van der Waals surface area contributed by atoms with Gasteiger partial charge in [-0.15, -0.1) is 11.8 Å². The molecule has 0 aliphatic carbocycles. The van der Waals surface area contributed by atoms with Crippen molar-refractivity contribution in [2.45, 2.75) is 5.25 Å². The van der Waals surface area contributed by atoms with Crippen molar-refractivity contribution in [2.75, 3.05) is 36.8 Å². The molecule has 2 aromatic carbocycles. The molecular weight excluding hydrogens is 411 g/mol. The number of aromatic nitrogens is 2. The molecule has 0 unspecified atom stereocenters. The molecule has 5 nitrogen and oxygen atoms in total. The molecule has 0 N–H and O–H groups in total. The zero-order chi connectivity index (χ0) is 20.0. The smallest absolute Gasteiger partial charge is 0.236 e. The van der Waals surface area contributed by atoms with Crippen molar-refractivity contribution in [3.63, 3.8) is 0 Å². The van der Waals surface area contributed by atoms with Crippen LogP contribution >= 0.6 is 23.4 Å². The minimum Gasteiger partial charge on any atom is -0.352 e. The third-order valence-corrected chi connectivity index (χ3v) is 6.55. The minimum atomic E-state index is -0.322. The van der Waals surface area contributed by atoms with E-state index in [1.54, 1.807) is 30.0 Å². The van der Waals surface area contributed by atoms with Gasteiger partial charge in [0.25, 0.3) is 0 Å². The Bertz CT molecular complexity index is 1100. The highest BCUT2D eigenvalue weighted by Crippen LogP contribution is 2.36. The van der Waals surface area contributed by atoms with Gasteiger partial charge >= 0.3 is 0 Å². The van der Waals surface area contributed by atoms with Crippen LogP contribution in [0.2, 0.25) is 5.02 Å². The van der Waals surface area contributed by atoms with Crippen molar-refractivity contribution >= 4 is 46.0 Å². The van der Waals surface area contributed by atoms with Gasteiger partial charge in [0.1, 0.15) is 18.0 Å². The molecular formula is C21H18ClFN4OS. The molecule has 2 fully saturated rings. The fourth-order valence-corrected chi connectivity index (χ4v) is 4.53. The molecule has 8 heteroatoms. The van der Waals surface area contributed by atoms with E-state index in [1.165, 1.54) is 12.4 Å². The summed E-state index contributed by atoms with van der Waals surface area (Å²) < 4.78 is 14.3. The molecule has 1 aromatic heterocycles. The van der Waals surface area contributed by atoms with Crippen LogP contribution in [0, 0.1) is 5.82 Å². The Morgan fingerprint density at radius 1 is 1.10 bits per heavy atom. The van der Waals surface area contributed by atoms with Gasteiger partial charge in [-0.1, -0.05) is 29.8 Å². The fraction of sp³-hybridized carbons (Fsp3) is 0.286. The first-order valence-corrected chi connectivity index (χ1v) is 10.9. The van der Waals surface area contributed by atoms with E-state index in [-0.39, 0.29) is 17.0 Å². The first-order chi connectivity index (χ1) is 14.1. The summed E-state index contributed by atoms with van der Waals surface area (Å²) in [6, 6.07) is 10.2. The molecule has 3 heterocycles. The van der Waals surface area contributed by atoms with Crippen molar-refractivity contribution in [3.05, 3.63) is 53.6 Å². The molecule has 0 saturated carbocycles. The van der Waals surface area contributed by atoms with Gasteiger partial charge in [0.05, 0.1) is 10.8 Å². The Hall–Kier alpha value is -2.38. The quantitative estimate of drug-likeness (QED) is 0.593. The van der Waals surface area contributed by atoms with Gasteiger partial charge in [0.15, 0.2) is 0 Å². The van der Waals surface area contributed by atoms with Gasteiger partial charge in [-0.3, -0.25) is 4.79 Å². The number of nitrogens with zero attached hydrogens (tertiary/aromatic N) is 4. The highest BCUT2D eigenvalue weighted by Gasteiger charge is 2.35. The second-order valence-electron chi connectivity index (χ2n) is 7.16. The molecule has 0 radical (unpaired) electrons. The van der Waals surface area contributed by atoms with E-state index in [0.29, 0.717) is 47.8 Å². The van der Waals surface area contributed by atoms with Crippen molar-refractivity contribution < 1.29 is 9.18 Å². The molecule has 2 saturated heterocycles. The topological polar surface area (TPSA) is 49.3 Å². The molecule has 0 bridgehead atoms. The van der Waals surface area contributed by atoms with Gasteiger partial charge in [-0.05, 0) is 18.2 Å². The number of carbonyl (C=O) groups excluding carboxylic acids is 1. The van der Waals surface area contributed by atoms with Crippen molar-refractivity contribution in [2.24, 2.45) is 0 Å². The van der Waals surface area contributed by atoms with Crippen molar-refractivity contribution in [1.29, 1.82) is 0 Å². The number of thioether (sulfide) groups is 1. The Morgan fingerprint density at radius 2 is 1.86 bits per heavy atom. The average Bonchev–Trinajstić information content (AvgIpc) is 3.59. The SMILES string of the molecule is O=C([C@@H]1CS1)N1CCN(c2ncnc3cc(-c4ccccc4F)c(Cl)cc23)CC1. The Balaban J connectivity index is 1.46. The standard InChI is InChI=1S/C21H18ClFN4OS/c22-16-9-15-18(10-14(16)13-3-1-2-4-17(13)23)24-12-25-20(15)26-5-7-27(8-6-26)21(28)19-11-29-19/h1-4,9-10,12,19H,5-8,11H2/t19-/m0/s1. The Kier molecular flexibility index (Phi) is 4.80. The average molecular weight is 429 g/mol. The number of amides is 1. The lowest BCUT2D eigenvalue weighted by Gasteiger charge is -2.35. The Labute approximate surface area is 176 Å². The normalized spacial score (nSPS) is 18.9. The van der Waals surface area contributed by atoms with Gasteiger partial charge in [-0.2, -0.15) is 0 Å². The number of benzene rings is 2. The van der Waals surface area contributed by atoms with Crippen LogP contribution in [0.4, 0.5) is 10.2 Å². The van der Waals surface area contributed by atoms with Crippen LogP contribution in [-0.2, 0) is 4.79 Å². The highest BCUT2D eigenvalue weighted by atomic mass is 35.5. The summed E-state index contributed by atoms with van der Waals surface area (Å²) in [5.74, 6) is 1.67. The molecule has 148 valence electrons. The Morgan fingerprint density at radius 3 is 2.59 bits per heavy atom. The fourth-order valence-electron chi connectivity index (χ4n) is 3.73. The number of carbonyl (C=O) groups is 1. The summed E-state index contributed by atoms with van der Waals surface area (Å²) in [4.78, 5) is 25.2. The number of rotatable bonds is 3. The maximum atomic E-state index is 14.3. The van der Waals surface area contributed by atoms with E-state index in [4.69, 9.17) is 11.6 Å². The van der Waals surface area contributed by atoms with E-state index in [0.717, 1.165) is 17.0 Å². The number of piperazine rings is 1. The third kappa shape index (κ3) is 3.53. The third-order valence-electron chi connectivity index (χ3n) is 5.37. The van der Waals surface area contributed by atoms with Gasteiger partial charge < -0.3 is 9.80 Å². The first kappa shape index (κ1) is 18.6. The molecule has 2 aliphatic rings. The van der Waals surface area contributed by atoms with Crippen molar-refractivity contribution in [3.8, 4) is 11.1 Å². The summed E-state index contributed by atoms with van der Waals surface area (Å²) in [6.45, 7) is 2.79.